The summed E-state index contributed by atoms with van der Waals surface area (Å²) in [6, 6.07) is 13.1. The molecule has 0 heterocycles. The lowest BCUT2D eigenvalue weighted by Gasteiger charge is -2.22. The highest BCUT2D eigenvalue weighted by Gasteiger charge is 2.26. The normalized spacial score (nSPS) is 12.9. The number of anilines is 1. The summed E-state index contributed by atoms with van der Waals surface area (Å²) in [4.78, 5) is 12.5. The molecule has 8 heteroatoms. The number of hydrogen-bond acceptors (Lipinski definition) is 5. The number of sulfonamides is 1. The van der Waals surface area contributed by atoms with Crippen molar-refractivity contribution in [3.05, 3.63) is 48.5 Å². The number of amides is 1. The predicted molar refractivity (Wildman–Crippen MR) is 108 cm³/mol. The molecule has 0 bridgehead atoms. The Kier molecular flexibility index (Phi) is 6.69. The largest absolute Gasteiger partial charge is 0.497 e. The first-order chi connectivity index (χ1) is 13.0. The molecule has 2 N–H and O–H groups in total. The first-order valence-corrected chi connectivity index (χ1v) is 10.2. The molecule has 28 heavy (non-hydrogen) atoms. The molecule has 2 aromatic rings. The zero-order valence-electron chi connectivity index (χ0n) is 16.6. The molecule has 0 saturated heterocycles. The van der Waals surface area contributed by atoms with Gasteiger partial charge in [-0.25, -0.2) is 13.1 Å². The zero-order chi connectivity index (χ0) is 20.9. The van der Waals surface area contributed by atoms with Crippen molar-refractivity contribution in [3.63, 3.8) is 0 Å². The van der Waals surface area contributed by atoms with E-state index in [0.717, 1.165) is 0 Å². The summed E-state index contributed by atoms with van der Waals surface area (Å²) in [5.74, 6) is 0.711. The number of benzene rings is 2. The predicted octanol–water partition coefficient (Wildman–Crippen LogP) is 3.18. The summed E-state index contributed by atoms with van der Waals surface area (Å²) >= 11 is 0. The van der Waals surface area contributed by atoms with Crippen LogP contribution in [0.15, 0.2) is 53.4 Å². The lowest BCUT2D eigenvalue weighted by molar-refractivity contribution is -0.122. The van der Waals surface area contributed by atoms with Gasteiger partial charge in [0.25, 0.3) is 5.91 Å². The molecule has 7 nitrogen and oxygen atoms in total. The fourth-order valence-corrected chi connectivity index (χ4v) is 3.99. The molecule has 1 unspecified atom stereocenters. The van der Waals surface area contributed by atoms with Crippen molar-refractivity contribution in [3.8, 4) is 11.5 Å². The van der Waals surface area contributed by atoms with Gasteiger partial charge in [-0.2, -0.15) is 0 Å². The number of para-hydroxylation sites is 1. The van der Waals surface area contributed by atoms with E-state index in [9.17, 15) is 13.2 Å². The molecular formula is C20H26N2O5S. The molecule has 0 aromatic heterocycles. The number of hydrogen-bond donors (Lipinski definition) is 2. The van der Waals surface area contributed by atoms with Crippen LogP contribution in [0.4, 0.5) is 5.69 Å². The van der Waals surface area contributed by atoms with Crippen LogP contribution in [0.1, 0.15) is 27.7 Å². The number of ether oxygens (including phenoxy) is 2. The van der Waals surface area contributed by atoms with Gasteiger partial charge in [-0.15, -0.1) is 0 Å². The Morgan fingerprint density at radius 1 is 1.00 bits per heavy atom. The number of carbonyl (C=O) groups excluding carboxylic acids is 1. The number of nitrogens with one attached hydrogen (secondary N) is 2. The topological polar surface area (TPSA) is 93.7 Å². The van der Waals surface area contributed by atoms with Crippen LogP contribution < -0.4 is 19.5 Å². The summed E-state index contributed by atoms with van der Waals surface area (Å²) in [6.07, 6.45) is -0.834. The highest BCUT2D eigenvalue weighted by molar-refractivity contribution is 7.89. The van der Waals surface area contributed by atoms with Gasteiger partial charge in [-0.1, -0.05) is 12.1 Å². The van der Waals surface area contributed by atoms with Crippen molar-refractivity contribution in [1.82, 2.24) is 4.72 Å². The lowest BCUT2D eigenvalue weighted by Crippen LogP contribution is -2.41. The maximum absolute atomic E-state index is 12.7. The third-order valence-corrected chi connectivity index (χ3v) is 5.43. The van der Waals surface area contributed by atoms with Crippen LogP contribution in [0.25, 0.3) is 0 Å². The third-order valence-electron chi connectivity index (χ3n) is 3.62. The molecule has 0 spiro atoms. The second kappa shape index (κ2) is 8.62. The Hall–Kier alpha value is -2.58. The smallest absolute Gasteiger partial charge is 0.265 e. The molecule has 2 rings (SSSR count). The van der Waals surface area contributed by atoms with E-state index in [0.29, 0.717) is 11.5 Å². The maximum atomic E-state index is 12.7. The number of carbonyl (C=O) groups is 1. The first-order valence-electron chi connectivity index (χ1n) is 8.76. The summed E-state index contributed by atoms with van der Waals surface area (Å²) < 4.78 is 38.6. The van der Waals surface area contributed by atoms with E-state index in [4.69, 9.17) is 9.47 Å². The van der Waals surface area contributed by atoms with Crippen LogP contribution in [0.5, 0.6) is 11.5 Å². The van der Waals surface area contributed by atoms with Crippen LogP contribution in [-0.2, 0) is 14.8 Å². The quantitative estimate of drug-likeness (QED) is 0.737. The summed E-state index contributed by atoms with van der Waals surface area (Å²) in [5.41, 5.74) is -0.463. The van der Waals surface area contributed by atoms with Crippen LogP contribution in [0.2, 0.25) is 0 Å². The monoisotopic (exact) mass is 406 g/mol. The maximum Gasteiger partial charge on any atom is 0.265 e. The fourth-order valence-electron chi connectivity index (χ4n) is 2.41. The Balaban J connectivity index is 2.15. The SMILES string of the molecule is COc1ccc(OC(C)C(=O)Nc2ccccc2S(=O)(=O)NC(C)(C)C)cc1. The Labute approximate surface area is 166 Å². The van der Waals surface area contributed by atoms with Crippen LogP contribution in [-0.4, -0.2) is 33.1 Å². The first kappa shape index (κ1) is 21.7. The average Bonchev–Trinajstić information content (AvgIpc) is 2.60. The fraction of sp³-hybridized carbons (Fsp3) is 0.350. The molecule has 0 radical (unpaired) electrons. The minimum atomic E-state index is -3.81. The van der Waals surface area contributed by atoms with Gasteiger partial charge in [0, 0.05) is 5.54 Å². The minimum Gasteiger partial charge on any atom is -0.497 e. The number of rotatable bonds is 7. The molecule has 1 amide bonds. The second-order valence-electron chi connectivity index (χ2n) is 7.28. The molecular weight excluding hydrogens is 380 g/mol. The van der Waals surface area contributed by atoms with Gasteiger partial charge in [0.15, 0.2) is 6.10 Å². The molecule has 0 aliphatic rings. The molecule has 1 atom stereocenters. The highest BCUT2D eigenvalue weighted by atomic mass is 32.2. The third kappa shape index (κ3) is 5.97. The molecule has 0 aliphatic carbocycles. The van der Waals surface area contributed by atoms with Gasteiger partial charge in [-0.05, 0) is 64.1 Å². The van der Waals surface area contributed by atoms with E-state index in [2.05, 4.69) is 10.0 Å². The van der Waals surface area contributed by atoms with Gasteiger partial charge in [0.2, 0.25) is 10.0 Å². The van der Waals surface area contributed by atoms with Gasteiger partial charge in [0.1, 0.15) is 16.4 Å². The van der Waals surface area contributed by atoms with Crippen LogP contribution in [0.3, 0.4) is 0 Å². The number of methoxy groups -OCH3 is 1. The van der Waals surface area contributed by atoms with E-state index in [-0.39, 0.29) is 10.6 Å². The van der Waals surface area contributed by atoms with E-state index in [1.54, 1.807) is 71.2 Å². The Bertz CT molecular complexity index is 918. The minimum absolute atomic E-state index is 0.00470. The van der Waals surface area contributed by atoms with Crippen molar-refractivity contribution < 1.29 is 22.7 Å². The highest BCUT2D eigenvalue weighted by Crippen LogP contribution is 2.23. The molecule has 2 aromatic carbocycles. The van der Waals surface area contributed by atoms with Crippen molar-refractivity contribution in [2.75, 3.05) is 12.4 Å². The van der Waals surface area contributed by atoms with Crippen molar-refractivity contribution >= 4 is 21.6 Å². The van der Waals surface area contributed by atoms with Crippen molar-refractivity contribution in [1.29, 1.82) is 0 Å². The van der Waals surface area contributed by atoms with Crippen LogP contribution >= 0.6 is 0 Å². The van der Waals surface area contributed by atoms with E-state index < -0.39 is 27.6 Å². The second-order valence-corrected chi connectivity index (χ2v) is 8.93. The lowest BCUT2D eigenvalue weighted by atomic mass is 10.1. The van der Waals surface area contributed by atoms with E-state index >= 15 is 0 Å². The molecule has 0 fully saturated rings. The average molecular weight is 407 g/mol. The van der Waals surface area contributed by atoms with Gasteiger partial charge >= 0.3 is 0 Å². The standard InChI is InChI=1S/C20H26N2O5S/c1-14(27-16-12-10-15(26-5)11-13-16)19(23)21-17-8-6-7-9-18(17)28(24,25)22-20(2,3)4/h6-14,22H,1-5H3,(H,21,23). The summed E-state index contributed by atoms with van der Waals surface area (Å²) in [6.45, 7) is 6.83. The van der Waals surface area contributed by atoms with Crippen molar-refractivity contribution in [2.24, 2.45) is 0 Å². The Morgan fingerprint density at radius 3 is 2.14 bits per heavy atom. The zero-order valence-corrected chi connectivity index (χ0v) is 17.5. The van der Waals surface area contributed by atoms with Gasteiger partial charge in [-0.3, -0.25) is 4.79 Å². The van der Waals surface area contributed by atoms with Crippen molar-refractivity contribution in [2.45, 2.75) is 44.2 Å². The van der Waals surface area contributed by atoms with E-state index in [1.165, 1.54) is 12.1 Å². The van der Waals surface area contributed by atoms with Gasteiger partial charge < -0.3 is 14.8 Å². The molecule has 0 saturated carbocycles. The van der Waals surface area contributed by atoms with E-state index in [1.807, 2.05) is 0 Å². The summed E-state index contributed by atoms with van der Waals surface area (Å²) in [7, 11) is -2.24. The molecule has 152 valence electrons. The Morgan fingerprint density at radius 2 is 1.57 bits per heavy atom. The summed E-state index contributed by atoms with van der Waals surface area (Å²) in [5, 5.41) is 2.64. The van der Waals surface area contributed by atoms with Crippen LogP contribution in [0, 0.1) is 0 Å². The molecule has 0 aliphatic heterocycles. The van der Waals surface area contributed by atoms with Gasteiger partial charge in [0.05, 0.1) is 12.8 Å².